The molecule has 0 radical (unpaired) electrons. The van der Waals surface area contributed by atoms with Gasteiger partial charge in [-0.1, -0.05) is 0 Å². The minimum Gasteiger partial charge on any atom is -0.449 e. The van der Waals surface area contributed by atoms with Crippen molar-refractivity contribution in [1.82, 2.24) is 10.3 Å². The van der Waals surface area contributed by atoms with E-state index >= 15 is 0 Å². The van der Waals surface area contributed by atoms with Gasteiger partial charge in [0.05, 0.1) is 17.2 Å². The van der Waals surface area contributed by atoms with Crippen molar-refractivity contribution in [2.75, 3.05) is 24.6 Å². The number of oxazole rings is 1. The number of nitrogens with zero attached hydrogens (tertiary/aromatic N) is 1. The van der Waals surface area contributed by atoms with Crippen molar-refractivity contribution < 1.29 is 12.8 Å². The van der Waals surface area contributed by atoms with Crippen LogP contribution in [-0.2, 0) is 16.3 Å². The maximum atomic E-state index is 11.4. The van der Waals surface area contributed by atoms with Crippen LogP contribution in [0.5, 0.6) is 0 Å². The zero-order valence-electron chi connectivity index (χ0n) is 9.55. The molecular weight excluding hydrogens is 240 g/mol. The van der Waals surface area contributed by atoms with Gasteiger partial charge < -0.3 is 9.73 Å². The molecule has 1 atom stereocenters. The first kappa shape index (κ1) is 11.2. The van der Waals surface area contributed by atoms with Gasteiger partial charge in [0.25, 0.3) is 0 Å². The van der Waals surface area contributed by atoms with Gasteiger partial charge in [0.15, 0.2) is 15.7 Å². The van der Waals surface area contributed by atoms with Gasteiger partial charge in [0.2, 0.25) is 0 Å². The fourth-order valence-electron chi connectivity index (χ4n) is 2.37. The Morgan fingerprint density at radius 1 is 1.47 bits per heavy atom. The standard InChI is InChI=1S/C11H16N2O3S/c14-17(15)2-1-9(7-17)10-6-16-11(13-10)3-8-4-12-5-8/h6,8-9,12H,1-5,7H2. The molecule has 0 aromatic carbocycles. The minimum absolute atomic E-state index is 0.0389. The molecule has 0 aliphatic carbocycles. The third-order valence-corrected chi connectivity index (χ3v) is 5.32. The summed E-state index contributed by atoms with van der Waals surface area (Å²) in [5.74, 6) is 1.91. The van der Waals surface area contributed by atoms with E-state index in [4.69, 9.17) is 4.42 Å². The summed E-state index contributed by atoms with van der Waals surface area (Å²) in [5, 5.41) is 3.21. The van der Waals surface area contributed by atoms with E-state index in [0.29, 0.717) is 12.3 Å². The van der Waals surface area contributed by atoms with Crippen LogP contribution < -0.4 is 5.32 Å². The zero-order valence-corrected chi connectivity index (χ0v) is 10.4. The highest BCUT2D eigenvalue weighted by Crippen LogP contribution is 2.28. The number of sulfone groups is 1. The molecule has 3 heterocycles. The summed E-state index contributed by atoms with van der Waals surface area (Å²) in [7, 11) is -2.84. The van der Waals surface area contributed by atoms with Crippen molar-refractivity contribution >= 4 is 9.84 Å². The van der Waals surface area contributed by atoms with E-state index in [1.807, 2.05) is 0 Å². The van der Waals surface area contributed by atoms with Crippen LogP contribution in [0.2, 0.25) is 0 Å². The van der Waals surface area contributed by atoms with Crippen LogP contribution in [0.3, 0.4) is 0 Å². The lowest BCUT2D eigenvalue weighted by Crippen LogP contribution is -2.43. The van der Waals surface area contributed by atoms with Crippen LogP contribution in [-0.4, -0.2) is 38.0 Å². The van der Waals surface area contributed by atoms with Gasteiger partial charge in [-0.25, -0.2) is 13.4 Å². The Morgan fingerprint density at radius 3 is 2.88 bits per heavy atom. The highest BCUT2D eigenvalue weighted by molar-refractivity contribution is 7.91. The minimum atomic E-state index is -2.84. The molecule has 1 unspecified atom stereocenters. The molecule has 1 aromatic rings. The molecule has 1 aromatic heterocycles. The number of hydrogen-bond acceptors (Lipinski definition) is 5. The van der Waals surface area contributed by atoms with E-state index in [1.54, 1.807) is 6.26 Å². The number of aromatic nitrogens is 1. The second-order valence-electron chi connectivity index (χ2n) is 4.99. The van der Waals surface area contributed by atoms with Crippen molar-refractivity contribution in [3.8, 4) is 0 Å². The van der Waals surface area contributed by atoms with Crippen LogP contribution >= 0.6 is 0 Å². The Balaban J connectivity index is 1.67. The molecule has 0 spiro atoms. The summed E-state index contributed by atoms with van der Waals surface area (Å²) in [6.07, 6.45) is 3.17. The SMILES string of the molecule is O=S1(=O)CCC(c2coc(CC3CNC3)n2)C1. The summed E-state index contributed by atoms with van der Waals surface area (Å²) in [6.45, 7) is 2.05. The number of nitrogens with one attached hydrogen (secondary N) is 1. The molecule has 17 heavy (non-hydrogen) atoms. The van der Waals surface area contributed by atoms with Crippen molar-refractivity contribution in [3.05, 3.63) is 17.8 Å². The van der Waals surface area contributed by atoms with Gasteiger partial charge in [0.1, 0.15) is 6.26 Å². The smallest absolute Gasteiger partial charge is 0.194 e. The highest BCUT2D eigenvalue weighted by atomic mass is 32.2. The van der Waals surface area contributed by atoms with Crippen molar-refractivity contribution in [1.29, 1.82) is 0 Å². The van der Waals surface area contributed by atoms with E-state index in [0.717, 1.165) is 31.1 Å². The molecule has 1 N–H and O–H groups in total. The van der Waals surface area contributed by atoms with Gasteiger partial charge in [-0.05, 0) is 25.4 Å². The summed E-state index contributed by atoms with van der Waals surface area (Å²) >= 11 is 0. The molecule has 5 nitrogen and oxygen atoms in total. The van der Waals surface area contributed by atoms with E-state index in [1.165, 1.54) is 0 Å². The summed E-state index contributed by atoms with van der Waals surface area (Å²) < 4.78 is 28.2. The topological polar surface area (TPSA) is 72.2 Å². The lowest BCUT2D eigenvalue weighted by Gasteiger charge is -2.25. The van der Waals surface area contributed by atoms with Gasteiger partial charge in [-0.15, -0.1) is 0 Å². The molecular formula is C11H16N2O3S. The average Bonchev–Trinajstić information content (AvgIpc) is 2.78. The molecule has 6 heteroatoms. The maximum absolute atomic E-state index is 11.4. The molecule has 2 fully saturated rings. The highest BCUT2D eigenvalue weighted by Gasteiger charge is 2.31. The first-order valence-corrected chi connectivity index (χ1v) is 7.80. The molecule has 2 aliphatic rings. The summed E-state index contributed by atoms with van der Waals surface area (Å²) in [4.78, 5) is 4.42. The average molecular weight is 256 g/mol. The van der Waals surface area contributed by atoms with Gasteiger partial charge in [-0.2, -0.15) is 0 Å². The molecule has 0 saturated carbocycles. The molecule has 0 amide bonds. The normalized spacial score (nSPS) is 28.1. The molecule has 94 valence electrons. The second kappa shape index (κ2) is 4.10. The summed E-state index contributed by atoms with van der Waals surface area (Å²) in [5.41, 5.74) is 0.813. The van der Waals surface area contributed by atoms with Crippen LogP contribution in [0.1, 0.15) is 23.9 Å². The first-order chi connectivity index (χ1) is 8.12. The van der Waals surface area contributed by atoms with Crippen molar-refractivity contribution in [2.24, 2.45) is 5.92 Å². The lowest BCUT2D eigenvalue weighted by molar-refractivity contribution is 0.318. The van der Waals surface area contributed by atoms with Crippen molar-refractivity contribution in [2.45, 2.75) is 18.8 Å². The predicted molar refractivity (Wildman–Crippen MR) is 62.6 cm³/mol. The lowest BCUT2D eigenvalue weighted by atomic mass is 9.99. The quantitative estimate of drug-likeness (QED) is 0.844. The van der Waals surface area contributed by atoms with Gasteiger partial charge in [0, 0.05) is 12.3 Å². The predicted octanol–water partition coefficient (Wildman–Crippen LogP) is 0.339. The number of hydrogen-bond donors (Lipinski definition) is 1. The fraction of sp³-hybridized carbons (Fsp3) is 0.727. The molecule has 0 bridgehead atoms. The van der Waals surface area contributed by atoms with Crippen LogP contribution in [0.15, 0.2) is 10.7 Å². The Bertz CT molecular complexity index is 505. The van der Waals surface area contributed by atoms with Crippen LogP contribution in [0, 0.1) is 5.92 Å². The van der Waals surface area contributed by atoms with Gasteiger partial charge >= 0.3 is 0 Å². The monoisotopic (exact) mass is 256 g/mol. The third kappa shape index (κ3) is 2.37. The first-order valence-electron chi connectivity index (χ1n) is 5.98. The number of rotatable bonds is 3. The Labute approximate surface area is 101 Å². The Morgan fingerprint density at radius 2 is 2.29 bits per heavy atom. The van der Waals surface area contributed by atoms with E-state index in [9.17, 15) is 8.42 Å². The molecule has 2 aliphatic heterocycles. The maximum Gasteiger partial charge on any atom is 0.194 e. The summed E-state index contributed by atoms with van der Waals surface area (Å²) in [6, 6.07) is 0. The van der Waals surface area contributed by atoms with E-state index < -0.39 is 9.84 Å². The van der Waals surface area contributed by atoms with Crippen molar-refractivity contribution in [3.63, 3.8) is 0 Å². The Hall–Kier alpha value is -0.880. The third-order valence-electron chi connectivity index (χ3n) is 3.55. The van der Waals surface area contributed by atoms with Crippen LogP contribution in [0.4, 0.5) is 0 Å². The van der Waals surface area contributed by atoms with E-state index in [-0.39, 0.29) is 17.4 Å². The Kier molecular flexibility index (Phi) is 2.71. The van der Waals surface area contributed by atoms with Crippen LogP contribution in [0.25, 0.3) is 0 Å². The molecule has 2 saturated heterocycles. The fourth-order valence-corrected chi connectivity index (χ4v) is 4.14. The largest absolute Gasteiger partial charge is 0.449 e. The molecule has 3 rings (SSSR count). The van der Waals surface area contributed by atoms with Gasteiger partial charge in [-0.3, -0.25) is 0 Å². The zero-order chi connectivity index (χ0) is 11.9. The van der Waals surface area contributed by atoms with E-state index in [2.05, 4.69) is 10.3 Å². The second-order valence-corrected chi connectivity index (χ2v) is 7.22.